The molecule has 3 aromatic rings. The van der Waals surface area contributed by atoms with E-state index in [1.807, 2.05) is 97.1 Å². The lowest BCUT2D eigenvalue weighted by molar-refractivity contribution is 0.674. The van der Waals surface area contributed by atoms with Crippen LogP contribution in [0.3, 0.4) is 0 Å². The van der Waals surface area contributed by atoms with Crippen molar-refractivity contribution in [1.29, 1.82) is 0 Å². The smallest absolute Gasteiger partial charge is 0.156 e. The lowest BCUT2D eigenvalue weighted by Crippen LogP contribution is -2.04. The van der Waals surface area contributed by atoms with Crippen molar-refractivity contribution in [2.45, 2.75) is 12.8 Å². The highest BCUT2D eigenvalue weighted by atomic mass is 19.1. The first-order valence-electron chi connectivity index (χ1n) is 9.17. The zero-order valence-corrected chi connectivity index (χ0v) is 15.0. The molecule has 0 aliphatic carbocycles. The summed E-state index contributed by atoms with van der Waals surface area (Å²) in [5.74, 6) is -0.277. The lowest BCUT2D eigenvalue weighted by Gasteiger charge is -2.15. The van der Waals surface area contributed by atoms with Gasteiger partial charge >= 0.3 is 0 Å². The molecule has 0 saturated heterocycles. The summed E-state index contributed by atoms with van der Waals surface area (Å²) in [6.45, 7) is 0. The normalized spacial score (nSPS) is 19.4. The number of hydrogen-bond acceptors (Lipinski definition) is 1. The van der Waals surface area contributed by atoms with E-state index in [1.165, 1.54) is 0 Å². The maximum Gasteiger partial charge on any atom is 0.156 e. The lowest BCUT2D eigenvalue weighted by atomic mass is 9.96. The molecule has 0 atom stereocenters. The van der Waals surface area contributed by atoms with E-state index in [9.17, 15) is 0 Å². The summed E-state index contributed by atoms with van der Waals surface area (Å²) < 4.78 is 15.7. The molecule has 4 rings (SSSR count). The molecule has 0 saturated carbocycles. The highest BCUT2D eigenvalue weighted by Gasteiger charge is 2.18. The molecule has 0 aromatic heterocycles. The van der Waals surface area contributed by atoms with Gasteiger partial charge in [0.25, 0.3) is 0 Å². The minimum absolute atomic E-state index is 0.277. The number of halogens is 1. The van der Waals surface area contributed by atoms with Crippen molar-refractivity contribution < 1.29 is 4.39 Å². The first-order chi connectivity index (χ1) is 13.3. The van der Waals surface area contributed by atoms with E-state index in [0.29, 0.717) is 11.3 Å². The van der Waals surface area contributed by atoms with Gasteiger partial charge in [0.15, 0.2) is 5.83 Å². The van der Waals surface area contributed by atoms with Crippen LogP contribution in [0, 0.1) is 0 Å². The van der Waals surface area contributed by atoms with Crippen LogP contribution in [0.4, 0.5) is 4.39 Å². The van der Waals surface area contributed by atoms with Crippen LogP contribution in [0.2, 0.25) is 0 Å². The van der Waals surface area contributed by atoms with E-state index < -0.39 is 0 Å². The van der Waals surface area contributed by atoms with Crippen molar-refractivity contribution in [3.8, 4) is 0 Å². The van der Waals surface area contributed by atoms with Gasteiger partial charge in [-0.2, -0.15) is 0 Å². The molecule has 2 heteroatoms. The quantitative estimate of drug-likeness (QED) is 0.497. The maximum absolute atomic E-state index is 15.7. The summed E-state index contributed by atoms with van der Waals surface area (Å²) in [7, 11) is 0. The summed E-state index contributed by atoms with van der Waals surface area (Å²) in [5, 5.41) is 0. The fourth-order valence-electron chi connectivity index (χ4n) is 3.30. The number of aliphatic imine (C=N–C) groups is 1. The monoisotopic (exact) mass is 353 g/mol. The van der Waals surface area contributed by atoms with E-state index in [1.54, 1.807) is 0 Å². The second kappa shape index (κ2) is 7.96. The van der Waals surface area contributed by atoms with E-state index in [4.69, 9.17) is 4.99 Å². The van der Waals surface area contributed by atoms with Crippen LogP contribution in [0.5, 0.6) is 0 Å². The summed E-state index contributed by atoms with van der Waals surface area (Å²) in [4.78, 5) is 4.81. The first-order valence-corrected chi connectivity index (χ1v) is 9.17. The molecule has 0 bridgehead atoms. The topological polar surface area (TPSA) is 12.4 Å². The van der Waals surface area contributed by atoms with Crippen molar-refractivity contribution in [2.24, 2.45) is 4.99 Å². The summed E-state index contributed by atoms with van der Waals surface area (Å²) in [6, 6.07) is 29.3. The first kappa shape index (κ1) is 17.2. The summed E-state index contributed by atoms with van der Waals surface area (Å²) in [5.41, 5.74) is 4.62. The molecule has 0 radical (unpaired) electrons. The Hall–Kier alpha value is -3.26. The highest BCUT2D eigenvalue weighted by Crippen LogP contribution is 2.34. The molecule has 132 valence electrons. The Morgan fingerprint density at radius 3 is 1.74 bits per heavy atom. The fourth-order valence-corrected chi connectivity index (χ4v) is 3.30. The Labute approximate surface area is 159 Å². The van der Waals surface area contributed by atoms with Crippen LogP contribution in [-0.4, -0.2) is 5.71 Å². The third-order valence-electron chi connectivity index (χ3n) is 4.66. The third kappa shape index (κ3) is 3.80. The average molecular weight is 353 g/mol. The number of allylic oxidation sites excluding steroid dienone is 3. The van der Waals surface area contributed by atoms with Gasteiger partial charge in [-0.05, 0) is 24.0 Å². The third-order valence-corrected chi connectivity index (χ3v) is 4.66. The van der Waals surface area contributed by atoms with Gasteiger partial charge in [-0.25, -0.2) is 9.38 Å². The van der Waals surface area contributed by atoms with Crippen LogP contribution < -0.4 is 0 Å². The highest BCUT2D eigenvalue weighted by molar-refractivity contribution is 6.05. The van der Waals surface area contributed by atoms with Crippen molar-refractivity contribution >= 4 is 17.0 Å². The average Bonchev–Trinajstić information content (AvgIpc) is 2.73. The minimum Gasteiger partial charge on any atom is -0.249 e. The van der Waals surface area contributed by atoms with Gasteiger partial charge in [-0.3, -0.25) is 0 Å². The van der Waals surface area contributed by atoms with Gasteiger partial charge in [0.2, 0.25) is 0 Å². The van der Waals surface area contributed by atoms with Crippen molar-refractivity contribution in [2.75, 3.05) is 0 Å². The van der Waals surface area contributed by atoms with E-state index in [2.05, 4.69) is 0 Å². The second-order valence-electron chi connectivity index (χ2n) is 6.48. The molecule has 27 heavy (non-hydrogen) atoms. The Kier molecular flexibility index (Phi) is 5.06. The molecule has 0 unspecified atom stereocenters. The van der Waals surface area contributed by atoms with Gasteiger partial charge in [-0.15, -0.1) is 0 Å². The molecule has 0 N–H and O–H groups in total. The zero-order valence-electron chi connectivity index (χ0n) is 15.0. The molecular weight excluding hydrogens is 333 g/mol. The standard InChI is InChI=1S/C25H20FN/c26-24-22(19-11-4-1-5-12-19)17-10-18-23(20-13-6-2-7-14-20)27-25(24)21-15-8-3-9-16-21/h1-9,11-17H,10,18H2/b22-17-,25-24+,27-23?. The Morgan fingerprint density at radius 2 is 1.15 bits per heavy atom. The Bertz CT molecular complexity index is 1000. The molecule has 0 fully saturated rings. The van der Waals surface area contributed by atoms with Gasteiger partial charge < -0.3 is 0 Å². The van der Waals surface area contributed by atoms with Crippen LogP contribution >= 0.6 is 0 Å². The fraction of sp³-hybridized carbons (Fsp3) is 0.0800. The predicted octanol–water partition coefficient (Wildman–Crippen LogP) is 6.69. The van der Waals surface area contributed by atoms with E-state index in [-0.39, 0.29) is 5.83 Å². The van der Waals surface area contributed by atoms with Crippen molar-refractivity contribution in [3.63, 3.8) is 0 Å². The molecule has 3 aromatic carbocycles. The van der Waals surface area contributed by atoms with Gasteiger partial charge in [-0.1, -0.05) is 97.1 Å². The molecule has 1 nitrogen and oxygen atoms in total. The molecule has 1 aliphatic rings. The minimum atomic E-state index is -0.277. The van der Waals surface area contributed by atoms with Crippen LogP contribution in [-0.2, 0) is 0 Å². The van der Waals surface area contributed by atoms with Crippen molar-refractivity contribution in [1.82, 2.24) is 0 Å². The van der Waals surface area contributed by atoms with Crippen LogP contribution in [0.15, 0.2) is 108 Å². The Balaban J connectivity index is 1.90. The van der Waals surface area contributed by atoms with Gasteiger partial charge in [0, 0.05) is 16.8 Å². The zero-order chi connectivity index (χ0) is 18.5. The molecule has 0 spiro atoms. The van der Waals surface area contributed by atoms with E-state index >= 15 is 4.39 Å². The molecule has 1 aliphatic heterocycles. The largest absolute Gasteiger partial charge is 0.249 e. The number of benzene rings is 3. The maximum atomic E-state index is 15.7. The Morgan fingerprint density at radius 1 is 0.630 bits per heavy atom. The van der Waals surface area contributed by atoms with Gasteiger partial charge in [0.05, 0.1) is 0 Å². The van der Waals surface area contributed by atoms with Gasteiger partial charge in [0.1, 0.15) is 5.70 Å². The van der Waals surface area contributed by atoms with Crippen LogP contribution in [0.25, 0.3) is 11.3 Å². The predicted molar refractivity (Wildman–Crippen MR) is 111 cm³/mol. The summed E-state index contributed by atoms with van der Waals surface area (Å²) in [6.07, 6.45) is 3.50. The molecule has 0 amide bonds. The number of rotatable bonds is 3. The van der Waals surface area contributed by atoms with Crippen LogP contribution in [0.1, 0.15) is 29.5 Å². The van der Waals surface area contributed by atoms with Crippen molar-refractivity contribution in [3.05, 3.63) is 120 Å². The molecular formula is C25H20FN. The molecule has 1 heterocycles. The van der Waals surface area contributed by atoms with E-state index in [0.717, 1.165) is 35.2 Å². The SMILES string of the molecule is FC1=C(\c2ccccc2)N=C(c2ccccc2)CC/C=C\1c1ccccc1. The summed E-state index contributed by atoms with van der Waals surface area (Å²) >= 11 is 0. The number of nitrogens with zero attached hydrogens (tertiary/aromatic N) is 1. The number of hydrogen-bond donors (Lipinski definition) is 0. The second-order valence-corrected chi connectivity index (χ2v) is 6.48.